The summed E-state index contributed by atoms with van der Waals surface area (Å²) in [5.41, 5.74) is 6.02. The molecule has 0 aliphatic heterocycles. The van der Waals surface area contributed by atoms with E-state index in [1.807, 2.05) is 0 Å². The van der Waals surface area contributed by atoms with Crippen molar-refractivity contribution >= 4 is 12.2 Å². The van der Waals surface area contributed by atoms with Crippen molar-refractivity contribution < 1.29 is 9.59 Å². The van der Waals surface area contributed by atoms with E-state index in [-0.39, 0.29) is 18.9 Å². The second-order valence-corrected chi connectivity index (χ2v) is 3.13. The first-order chi connectivity index (χ1) is 7.26. The molecule has 0 saturated carbocycles. The molecule has 1 rings (SSSR count). The lowest BCUT2D eigenvalue weighted by atomic mass is 10.2. The molecule has 0 bridgehead atoms. The fourth-order valence-electron chi connectivity index (χ4n) is 1.18. The predicted molar refractivity (Wildman–Crippen MR) is 54.0 cm³/mol. The van der Waals surface area contributed by atoms with Gasteiger partial charge in [0.25, 0.3) is 0 Å². The SMILES string of the molecule is NCCC(=O)N[C@H](C=O)Cc1cnc[nH]1. The van der Waals surface area contributed by atoms with E-state index in [1.54, 1.807) is 6.20 Å². The maximum Gasteiger partial charge on any atom is 0.221 e. The normalized spacial score (nSPS) is 12.1. The molecule has 4 N–H and O–H groups in total. The maximum absolute atomic E-state index is 11.2. The highest BCUT2D eigenvalue weighted by atomic mass is 16.2. The quantitative estimate of drug-likeness (QED) is 0.523. The van der Waals surface area contributed by atoms with Gasteiger partial charge in [0.05, 0.1) is 12.4 Å². The summed E-state index contributed by atoms with van der Waals surface area (Å²) in [6, 6.07) is -0.524. The van der Waals surface area contributed by atoms with Gasteiger partial charge in [0.2, 0.25) is 5.91 Å². The van der Waals surface area contributed by atoms with Gasteiger partial charge in [0, 0.05) is 31.3 Å². The van der Waals surface area contributed by atoms with Crippen molar-refractivity contribution in [2.75, 3.05) is 6.54 Å². The highest BCUT2D eigenvalue weighted by Crippen LogP contribution is 1.96. The van der Waals surface area contributed by atoms with Gasteiger partial charge in [-0.3, -0.25) is 4.79 Å². The second-order valence-electron chi connectivity index (χ2n) is 3.13. The third-order valence-corrected chi connectivity index (χ3v) is 1.88. The van der Waals surface area contributed by atoms with Crippen molar-refractivity contribution in [3.05, 3.63) is 18.2 Å². The minimum Gasteiger partial charge on any atom is -0.348 e. The van der Waals surface area contributed by atoms with Gasteiger partial charge in [-0.05, 0) is 0 Å². The summed E-state index contributed by atoms with van der Waals surface area (Å²) in [5, 5.41) is 2.57. The number of rotatable bonds is 6. The van der Waals surface area contributed by atoms with Gasteiger partial charge in [-0.1, -0.05) is 0 Å². The molecule has 1 atom stereocenters. The molecule has 0 saturated heterocycles. The van der Waals surface area contributed by atoms with Crippen LogP contribution in [0.1, 0.15) is 12.1 Å². The molecule has 0 spiro atoms. The third kappa shape index (κ3) is 3.90. The molecule has 1 heterocycles. The lowest BCUT2D eigenvalue weighted by molar-refractivity contribution is -0.123. The van der Waals surface area contributed by atoms with Crippen molar-refractivity contribution in [1.82, 2.24) is 15.3 Å². The highest BCUT2D eigenvalue weighted by molar-refractivity contribution is 5.79. The van der Waals surface area contributed by atoms with Gasteiger partial charge < -0.3 is 20.8 Å². The van der Waals surface area contributed by atoms with Gasteiger partial charge >= 0.3 is 0 Å². The van der Waals surface area contributed by atoms with E-state index in [0.717, 1.165) is 5.69 Å². The summed E-state index contributed by atoms with van der Waals surface area (Å²) < 4.78 is 0. The van der Waals surface area contributed by atoms with Crippen LogP contribution in [-0.2, 0) is 16.0 Å². The molecule has 1 aromatic rings. The van der Waals surface area contributed by atoms with E-state index in [9.17, 15) is 9.59 Å². The summed E-state index contributed by atoms with van der Waals surface area (Å²) in [6.45, 7) is 0.279. The Labute approximate surface area is 87.3 Å². The van der Waals surface area contributed by atoms with Crippen LogP contribution < -0.4 is 11.1 Å². The average Bonchev–Trinajstić information content (AvgIpc) is 2.70. The van der Waals surface area contributed by atoms with Crippen molar-refractivity contribution in [3.63, 3.8) is 0 Å². The Bertz CT molecular complexity index is 310. The number of carbonyl (C=O) groups excluding carboxylic acids is 2. The number of hydrogen-bond acceptors (Lipinski definition) is 4. The summed E-state index contributed by atoms with van der Waals surface area (Å²) in [7, 11) is 0. The molecular weight excluding hydrogens is 196 g/mol. The number of H-pyrrole nitrogens is 1. The topological polar surface area (TPSA) is 101 Å². The summed E-state index contributed by atoms with van der Waals surface area (Å²) in [4.78, 5) is 28.5. The van der Waals surface area contributed by atoms with Crippen molar-refractivity contribution in [2.24, 2.45) is 5.73 Å². The lowest BCUT2D eigenvalue weighted by Gasteiger charge is -2.10. The monoisotopic (exact) mass is 210 g/mol. The van der Waals surface area contributed by atoms with Crippen LogP contribution in [0, 0.1) is 0 Å². The van der Waals surface area contributed by atoms with E-state index < -0.39 is 6.04 Å². The van der Waals surface area contributed by atoms with Gasteiger partial charge in [-0.2, -0.15) is 0 Å². The number of aromatic amines is 1. The van der Waals surface area contributed by atoms with Crippen LogP contribution in [-0.4, -0.2) is 34.7 Å². The molecule has 1 aromatic heterocycles. The zero-order valence-corrected chi connectivity index (χ0v) is 8.27. The number of amides is 1. The Balaban J connectivity index is 2.42. The summed E-state index contributed by atoms with van der Waals surface area (Å²) in [6.07, 6.45) is 4.49. The third-order valence-electron chi connectivity index (χ3n) is 1.88. The van der Waals surface area contributed by atoms with Crippen molar-refractivity contribution in [1.29, 1.82) is 0 Å². The number of nitrogens with two attached hydrogens (primary N) is 1. The van der Waals surface area contributed by atoms with Gasteiger partial charge in [-0.25, -0.2) is 4.98 Å². The zero-order valence-electron chi connectivity index (χ0n) is 8.27. The minimum absolute atomic E-state index is 0.214. The van der Waals surface area contributed by atoms with Crippen molar-refractivity contribution in [3.8, 4) is 0 Å². The first-order valence-electron chi connectivity index (χ1n) is 4.68. The lowest BCUT2D eigenvalue weighted by Crippen LogP contribution is -2.38. The van der Waals surface area contributed by atoms with Crippen molar-refractivity contribution in [2.45, 2.75) is 18.9 Å². The van der Waals surface area contributed by atoms with E-state index in [4.69, 9.17) is 5.73 Å². The molecular formula is C9H14N4O2. The molecule has 1 amide bonds. The molecule has 0 aliphatic rings. The molecule has 15 heavy (non-hydrogen) atoms. The molecule has 6 nitrogen and oxygen atoms in total. The van der Waals surface area contributed by atoms with Crippen LogP contribution in [0.2, 0.25) is 0 Å². The average molecular weight is 210 g/mol. The number of nitrogens with zero attached hydrogens (tertiary/aromatic N) is 1. The number of hydrogen-bond donors (Lipinski definition) is 3. The molecule has 0 unspecified atom stereocenters. The summed E-state index contributed by atoms with van der Waals surface area (Å²) in [5.74, 6) is -0.214. The fourth-order valence-corrected chi connectivity index (χ4v) is 1.18. The van der Waals surface area contributed by atoms with Crippen LogP contribution in [0.4, 0.5) is 0 Å². The Hall–Kier alpha value is -1.69. The minimum atomic E-state index is -0.524. The Kier molecular flexibility index (Phi) is 4.49. The highest BCUT2D eigenvalue weighted by Gasteiger charge is 2.11. The van der Waals surface area contributed by atoms with E-state index in [2.05, 4.69) is 15.3 Å². The molecule has 0 aliphatic carbocycles. The van der Waals surface area contributed by atoms with Gasteiger partial charge in [-0.15, -0.1) is 0 Å². The van der Waals surface area contributed by atoms with Crippen LogP contribution >= 0.6 is 0 Å². The first-order valence-corrected chi connectivity index (χ1v) is 4.68. The van der Waals surface area contributed by atoms with Crippen LogP contribution in [0.3, 0.4) is 0 Å². The Morgan fingerprint density at radius 2 is 2.53 bits per heavy atom. The molecule has 82 valence electrons. The first kappa shape index (κ1) is 11.4. The number of carbonyl (C=O) groups is 2. The molecule has 0 aromatic carbocycles. The Morgan fingerprint density at radius 1 is 1.73 bits per heavy atom. The van der Waals surface area contributed by atoms with E-state index in [0.29, 0.717) is 12.7 Å². The molecule has 0 fully saturated rings. The van der Waals surface area contributed by atoms with Crippen LogP contribution in [0.25, 0.3) is 0 Å². The van der Waals surface area contributed by atoms with E-state index in [1.165, 1.54) is 6.33 Å². The number of nitrogens with one attached hydrogen (secondary N) is 2. The van der Waals surface area contributed by atoms with Crippen LogP contribution in [0.15, 0.2) is 12.5 Å². The number of imidazole rings is 1. The van der Waals surface area contributed by atoms with E-state index >= 15 is 0 Å². The zero-order chi connectivity index (χ0) is 11.1. The largest absolute Gasteiger partial charge is 0.348 e. The van der Waals surface area contributed by atoms with Crippen LogP contribution in [0.5, 0.6) is 0 Å². The number of aromatic nitrogens is 2. The predicted octanol–water partition coefficient (Wildman–Crippen LogP) is -1.02. The molecule has 0 radical (unpaired) electrons. The summed E-state index contributed by atoms with van der Waals surface area (Å²) >= 11 is 0. The second kappa shape index (κ2) is 5.92. The fraction of sp³-hybridized carbons (Fsp3) is 0.444. The molecule has 6 heteroatoms. The number of aldehydes is 1. The van der Waals surface area contributed by atoms with Gasteiger partial charge in [0.1, 0.15) is 6.29 Å². The Morgan fingerprint density at radius 3 is 3.07 bits per heavy atom. The standard InChI is InChI=1S/C9H14N4O2/c10-2-1-9(15)13-8(5-14)3-7-4-11-6-12-7/h4-6,8H,1-3,10H2,(H,11,12)(H,13,15)/t8-/m0/s1. The smallest absolute Gasteiger partial charge is 0.221 e. The maximum atomic E-state index is 11.2. The van der Waals surface area contributed by atoms with Gasteiger partial charge in [0.15, 0.2) is 0 Å².